The third kappa shape index (κ3) is 3.37. The van der Waals surface area contributed by atoms with Crippen LogP contribution in [0.5, 0.6) is 0 Å². The molecule has 0 spiro atoms. The van der Waals surface area contributed by atoms with E-state index in [9.17, 15) is 8.42 Å². The second-order valence-corrected chi connectivity index (χ2v) is 6.54. The lowest BCUT2D eigenvalue weighted by atomic mass is 10.0. The lowest BCUT2D eigenvalue weighted by Gasteiger charge is -2.22. The summed E-state index contributed by atoms with van der Waals surface area (Å²) in [4.78, 5) is 7.45. The Morgan fingerprint density at radius 1 is 1.47 bits per heavy atom. The number of rotatable bonds is 3. The Kier molecular flexibility index (Phi) is 3.96. The summed E-state index contributed by atoms with van der Waals surface area (Å²) in [6.07, 6.45) is 3.13. The summed E-state index contributed by atoms with van der Waals surface area (Å²) < 4.78 is 24.2. The molecule has 1 aliphatic heterocycles. The topological polar surface area (TPSA) is 72.0 Å². The van der Waals surface area contributed by atoms with Gasteiger partial charge in [0, 0.05) is 6.07 Å². The minimum Gasteiger partial charge on any atom is -0.316 e. The molecule has 2 heterocycles. The van der Waals surface area contributed by atoms with Crippen molar-refractivity contribution in [3.63, 3.8) is 0 Å². The maximum atomic E-state index is 12.1. The molecule has 94 valence electrons. The number of nitrogens with one attached hydrogen (secondary N) is 1. The summed E-state index contributed by atoms with van der Waals surface area (Å²) in [5.41, 5.74) is 0. The lowest BCUT2D eigenvalue weighted by molar-refractivity contribution is 0.403. The normalized spacial score (nSPS) is 21.4. The second kappa shape index (κ2) is 5.29. The zero-order valence-electron chi connectivity index (χ0n) is 9.26. The van der Waals surface area contributed by atoms with Crippen LogP contribution in [0.2, 0.25) is 5.15 Å². The van der Waals surface area contributed by atoms with Crippen LogP contribution in [0.4, 0.5) is 0 Å². The van der Waals surface area contributed by atoms with Crippen molar-refractivity contribution in [2.75, 3.05) is 18.8 Å². The van der Waals surface area contributed by atoms with Gasteiger partial charge in [0.05, 0.1) is 5.75 Å². The predicted octanol–water partition coefficient (Wildman–Crippen LogP) is 0.903. The quantitative estimate of drug-likeness (QED) is 0.830. The van der Waals surface area contributed by atoms with E-state index in [0.29, 0.717) is 0 Å². The predicted molar refractivity (Wildman–Crippen MR) is 64.7 cm³/mol. The van der Waals surface area contributed by atoms with Crippen molar-refractivity contribution in [3.05, 3.63) is 17.5 Å². The molecule has 0 amide bonds. The number of hydrogen-bond acceptors (Lipinski definition) is 5. The molecule has 7 heteroatoms. The first-order valence-electron chi connectivity index (χ1n) is 5.49. The van der Waals surface area contributed by atoms with E-state index in [2.05, 4.69) is 15.3 Å². The van der Waals surface area contributed by atoms with E-state index in [1.54, 1.807) is 0 Å². The van der Waals surface area contributed by atoms with Crippen LogP contribution in [0, 0.1) is 5.92 Å². The minimum absolute atomic E-state index is 0.0167. The van der Waals surface area contributed by atoms with Crippen LogP contribution in [0.1, 0.15) is 12.8 Å². The third-order valence-corrected chi connectivity index (χ3v) is 4.76. The van der Waals surface area contributed by atoms with Crippen LogP contribution in [-0.4, -0.2) is 37.2 Å². The van der Waals surface area contributed by atoms with Gasteiger partial charge in [-0.1, -0.05) is 11.6 Å². The third-order valence-electron chi connectivity index (χ3n) is 2.78. The molecule has 0 saturated carbocycles. The molecule has 1 aliphatic rings. The molecule has 1 unspecified atom stereocenters. The summed E-state index contributed by atoms with van der Waals surface area (Å²) in [6, 6.07) is 1.30. The number of halogens is 1. The van der Waals surface area contributed by atoms with Gasteiger partial charge < -0.3 is 5.32 Å². The highest BCUT2D eigenvalue weighted by Crippen LogP contribution is 2.18. The van der Waals surface area contributed by atoms with Gasteiger partial charge in [0.25, 0.3) is 0 Å². The summed E-state index contributed by atoms with van der Waals surface area (Å²) in [5, 5.41) is 3.37. The first-order valence-corrected chi connectivity index (χ1v) is 7.52. The molecule has 17 heavy (non-hydrogen) atoms. The van der Waals surface area contributed by atoms with E-state index < -0.39 is 9.84 Å². The van der Waals surface area contributed by atoms with Gasteiger partial charge in [0.2, 0.25) is 0 Å². The van der Waals surface area contributed by atoms with Gasteiger partial charge in [-0.15, -0.1) is 0 Å². The van der Waals surface area contributed by atoms with Gasteiger partial charge in [0.15, 0.2) is 14.9 Å². The number of hydrogen-bond donors (Lipinski definition) is 1. The Bertz CT molecular complexity index is 486. The highest BCUT2D eigenvalue weighted by molar-refractivity contribution is 7.91. The Balaban J connectivity index is 2.13. The lowest BCUT2D eigenvalue weighted by Crippen LogP contribution is -2.34. The van der Waals surface area contributed by atoms with E-state index in [-0.39, 0.29) is 21.8 Å². The molecule has 0 aromatic carbocycles. The standard InChI is InChI=1S/C10H14ClN3O2S/c11-9-4-10(14-7-13-9)17(15,16)6-8-2-1-3-12-5-8/h4,7-8,12H,1-3,5-6H2. The second-order valence-electron chi connectivity index (χ2n) is 4.17. The van der Waals surface area contributed by atoms with Crippen molar-refractivity contribution < 1.29 is 8.42 Å². The first kappa shape index (κ1) is 12.7. The van der Waals surface area contributed by atoms with Crippen LogP contribution >= 0.6 is 11.6 Å². The van der Waals surface area contributed by atoms with Crippen molar-refractivity contribution in [3.8, 4) is 0 Å². The zero-order valence-corrected chi connectivity index (χ0v) is 10.8. The molecule has 0 aliphatic carbocycles. The fourth-order valence-electron chi connectivity index (χ4n) is 1.95. The summed E-state index contributed by atoms with van der Waals surface area (Å²) in [7, 11) is -3.36. The molecule has 1 N–H and O–H groups in total. The molecule has 2 rings (SSSR count). The van der Waals surface area contributed by atoms with Crippen molar-refractivity contribution in [2.24, 2.45) is 5.92 Å². The van der Waals surface area contributed by atoms with Gasteiger partial charge in [-0.3, -0.25) is 0 Å². The highest BCUT2D eigenvalue weighted by Gasteiger charge is 2.24. The summed E-state index contributed by atoms with van der Waals surface area (Å²) in [5.74, 6) is 0.273. The zero-order chi connectivity index (χ0) is 12.3. The summed E-state index contributed by atoms with van der Waals surface area (Å²) >= 11 is 5.67. The minimum atomic E-state index is -3.36. The maximum Gasteiger partial charge on any atom is 0.196 e. The fourth-order valence-corrected chi connectivity index (χ4v) is 3.74. The average Bonchev–Trinajstić information content (AvgIpc) is 2.30. The van der Waals surface area contributed by atoms with Gasteiger partial charge in [-0.05, 0) is 31.8 Å². The van der Waals surface area contributed by atoms with Crippen molar-refractivity contribution >= 4 is 21.4 Å². The molecule has 1 fully saturated rings. The van der Waals surface area contributed by atoms with E-state index in [1.165, 1.54) is 12.4 Å². The molecule has 5 nitrogen and oxygen atoms in total. The first-order chi connectivity index (χ1) is 8.08. The SMILES string of the molecule is O=S(=O)(CC1CCCNC1)c1cc(Cl)ncn1. The number of nitrogens with zero attached hydrogens (tertiary/aromatic N) is 2. The molecular formula is C10H14ClN3O2S. The Hall–Kier alpha value is -0.720. The van der Waals surface area contributed by atoms with Crippen molar-refractivity contribution in [1.82, 2.24) is 15.3 Å². The maximum absolute atomic E-state index is 12.1. The Labute approximate surface area is 106 Å². The summed E-state index contributed by atoms with van der Waals surface area (Å²) in [6.45, 7) is 1.72. The Morgan fingerprint density at radius 2 is 2.29 bits per heavy atom. The molecule has 0 radical (unpaired) electrons. The molecular weight excluding hydrogens is 262 g/mol. The largest absolute Gasteiger partial charge is 0.316 e. The molecule has 1 saturated heterocycles. The molecule has 1 aromatic heterocycles. The van der Waals surface area contributed by atoms with Crippen LogP contribution < -0.4 is 5.32 Å². The van der Waals surface area contributed by atoms with E-state index in [0.717, 1.165) is 25.9 Å². The smallest absolute Gasteiger partial charge is 0.196 e. The van der Waals surface area contributed by atoms with Crippen molar-refractivity contribution in [1.29, 1.82) is 0 Å². The molecule has 1 aromatic rings. The van der Waals surface area contributed by atoms with E-state index in [1.807, 2.05) is 0 Å². The number of sulfone groups is 1. The van der Waals surface area contributed by atoms with Crippen LogP contribution in [0.3, 0.4) is 0 Å². The highest BCUT2D eigenvalue weighted by atomic mass is 35.5. The molecule has 0 bridgehead atoms. The Morgan fingerprint density at radius 3 is 2.94 bits per heavy atom. The van der Waals surface area contributed by atoms with Crippen LogP contribution in [0.15, 0.2) is 17.4 Å². The van der Waals surface area contributed by atoms with Crippen molar-refractivity contribution in [2.45, 2.75) is 17.9 Å². The van der Waals surface area contributed by atoms with Gasteiger partial charge in [0.1, 0.15) is 11.5 Å². The average molecular weight is 276 g/mol. The molecule has 1 atom stereocenters. The van der Waals surface area contributed by atoms with Gasteiger partial charge in [-0.25, -0.2) is 18.4 Å². The van der Waals surface area contributed by atoms with Crippen LogP contribution in [-0.2, 0) is 9.84 Å². The number of piperidine rings is 1. The van der Waals surface area contributed by atoms with E-state index >= 15 is 0 Å². The number of aromatic nitrogens is 2. The van der Waals surface area contributed by atoms with Gasteiger partial charge in [-0.2, -0.15) is 0 Å². The van der Waals surface area contributed by atoms with E-state index in [4.69, 9.17) is 11.6 Å². The van der Waals surface area contributed by atoms with Gasteiger partial charge >= 0.3 is 0 Å². The fraction of sp³-hybridized carbons (Fsp3) is 0.600. The monoisotopic (exact) mass is 275 g/mol. The van der Waals surface area contributed by atoms with Crippen LogP contribution in [0.25, 0.3) is 0 Å².